The lowest BCUT2D eigenvalue weighted by Gasteiger charge is -2.17. The third kappa shape index (κ3) is 3.01. The first kappa shape index (κ1) is 17.2. The SMILES string of the molecule is CCc1ccc(C(=O)Cn2cnc3sc4c(c3c2=O)CC[C@H](C)C4)cc1. The molecule has 5 heteroatoms. The molecule has 0 aliphatic heterocycles. The molecule has 0 bridgehead atoms. The van der Waals surface area contributed by atoms with Crippen LogP contribution < -0.4 is 5.56 Å². The number of fused-ring (bicyclic) bond motifs is 3. The predicted octanol–water partition coefficient (Wildman–Crippen LogP) is 4.03. The molecule has 2 aromatic heterocycles. The standard InChI is InChI=1S/C21H22N2O2S/c1-3-14-5-7-15(8-6-14)17(24)11-23-12-22-20-19(21(23)25)16-9-4-13(2)10-18(16)26-20/h5-8,12-13H,3-4,9-11H2,1-2H3/t13-/m0/s1. The van der Waals surface area contributed by atoms with Gasteiger partial charge in [0.05, 0.1) is 18.3 Å². The molecule has 26 heavy (non-hydrogen) atoms. The van der Waals surface area contributed by atoms with Crippen LogP contribution in [0.15, 0.2) is 35.4 Å². The van der Waals surface area contributed by atoms with Crippen LogP contribution in [-0.2, 0) is 25.8 Å². The topological polar surface area (TPSA) is 52.0 Å². The van der Waals surface area contributed by atoms with Crippen molar-refractivity contribution in [1.82, 2.24) is 9.55 Å². The minimum atomic E-state index is -0.0828. The summed E-state index contributed by atoms with van der Waals surface area (Å²) in [5.41, 5.74) is 2.91. The number of hydrogen-bond donors (Lipinski definition) is 0. The number of benzene rings is 1. The van der Waals surface area contributed by atoms with E-state index < -0.39 is 0 Å². The second-order valence-corrected chi connectivity index (χ2v) is 8.27. The third-order valence-electron chi connectivity index (χ3n) is 5.28. The van der Waals surface area contributed by atoms with E-state index in [1.807, 2.05) is 24.3 Å². The van der Waals surface area contributed by atoms with Gasteiger partial charge in [0.1, 0.15) is 4.83 Å². The van der Waals surface area contributed by atoms with Crippen molar-refractivity contribution in [2.45, 2.75) is 46.1 Å². The second-order valence-electron chi connectivity index (χ2n) is 7.18. The zero-order chi connectivity index (χ0) is 18.3. The molecule has 2 heterocycles. The molecule has 0 spiro atoms. The zero-order valence-corrected chi connectivity index (χ0v) is 15.9. The molecule has 0 N–H and O–H groups in total. The molecular formula is C21H22N2O2S. The van der Waals surface area contributed by atoms with Gasteiger partial charge in [0.2, 0.25) is 0 Å². The van der Waals surface area contributed by atoms with E-state index in [4.69, 9.17) is 0 Å². The molecule has 0 amide bonds. The normalized spacial score (nSPS) is 16.6. The van der Waals surface area contributed by atoms with Crippen LogP contribution >= 0.6 is 11.3 Å². The number of aryl methyl sites for hydroxylation is 2. The number of Topliss-reactive ketones (excluding diaryl/α,β-unsaturated/α-hetero) is 1. The Bertz CT molecular complexity index is 1030. The van der Waals surface area contributed by atoms with Crippen molar-refractivity contribution in [3.05, 3.63) is 62.5 Å². The number of aromatic nitrogens is 2. The summed E-state index contributed by atoms with van der Waals surface area (Å²) in [5.74, 6) is 0.596. The van der Waals surface area contributed by atoms with E-state index in [1.54, 1.807) is 11.3 Å². The summed E-state index contributed by atoms with van der Waals surface area (Å²) in [4.78, 5) is 32.2. The van der Waals surface area contributed by atoms with Gasteiger partial charge in [-0.25, -0.2) is 4.98 Å². The molecule has 3 aromatic rings. The lowest BCUT2D eigenvalue weighted by atomic mass is 9.89. The van der Waals surface area contributed by atoms with E-state index in [9.17, 15) is 9.59 Å². The van der Waals surface area contributed by atoms with Crippen LogP contribution in [0.1, 0.15) is 46.6 Å². The maximum absolute atomic E-state index is 13.0. The van der Waals surface area contributed by atoms with E-state index in [1.165, 1.54) is 21.3 Å². The van der Waals surface area contributed by atoms with Crippen LogP contribution in [0.4, 0.5) is 0 Å². The highest BCUT2D eigenvalue weighted by Gasteiger charge is 2.23. The van der Waals surface area contributed by atoms with Crippen LogP contribution in [0.2, 0.25) is 0 Å². The van der Waals surface area contributed by atoms with Crippen molar-refractivity contribution in [2.24, 2.45) is 5.92 Å². The zero-order valence-electron chi connectivity index (χ0n) is 15.1. The quantitative estimate of drug-likeness (QED) is 0.655. The molecule has 4 rings (SSSR count). The molecule has 1 aliphatic rings. The number of hydrogen-bond acceptors (Lipinski definition) is 4. The molecule has 0 radical (unpaired) electrons. The van der Waals surface area contributed by atoms with Gasteiger partial charge in [-0.15, -0.1) is 11.3 Å². The van der Waals surface area contributed by atoms with Gasteiger partial charge in [0, 0.05) is 10.4 Å². The number of nitrogens with zero attached hydrogens (tertiary/aromatic N) is 2. The van der Waals surface area contributed by atoms with Crippen molar-refractivity contribution >= 4 is 27.3 Å². The van der Waals surface area contributed by atoms with Crippen molar-refractivity contribution in [3.63, 3.8) is 0 Å². The Morgan fingerprint density at radius 2 is 2.08 bits per heavy atom. The Morgan fingerprint density at radius 3 is 2.81 bits per heavy atom. The fourth-order valence-corrected chi connectivity index (χ4v) is 4.99. The average Bonchev–Trinajstić information content (AvgIpc) is 3.02. The Balaban J connectivity index is 1.67. The lowest BCUT2D eigenvalue weighted by molar-refractivity contribution is 0.0970. The molecule has 0 fully saturated rings. The monoisotopic (exact) mass is 366 g/mol. The van der Waals surface area contributed by atoms with Crippen molar-refractivity contribution < 1.29 is 4.79 Å². The third-order valence-corrected chi connectivity index (χ3v) is 6.44. The van der Waals surface area contributed by atoms with Crippen LogP contribution in [0.5, 0.6) is 0 Å². The molecule has 0 saturated carbocycles. The minimum Gasteiger partial charge on any atom is -0.292 e. The van der Waals surface area contributed by atoms with Gasteiger partial charge in [0.15, 0.2) is 5.78 Å². The van der Waals surface area contributed by atoms with Crippen LogP contribution in [0.3, 0.4) is 0 Å². The van der Waals surface area contributed by atoms with Crippen LogP contribution in [-0.4, -0.2) is 15.3 Å². The van der Waals surface area contributed by atoms with Crippen molar-refractivity contribution in [2.75, 3.05) is 0 Å². The lowest BCUT2D eigenvalue weighted by Crippen LogP contribution is -2.25. The van der Waals surface area contributed by atoms with Gasteiger partial charge >= 0.3 is 0 Å². The average molecular weight is 366 g/mol. The van der Waals surface area contributed by atoms with Crippen LogP contribution in [0.25, 0.3) is 10.2 Å². The number of rotatable bonds is 4. The Kier molecular flexibility index (Phi) is 4.49. The van der Waals surface area contributed by atoms with Gasteiger partial charge in [-0.2, -0.15) is 0 Å². The number of carbonyl (C=O) groups is 1. The molecular weight excluding hydrogens is 344 g/mol. The summed E-state index contributed by atoms with van der Waals surface area (Å²) >= 11 is 1.64. The van der Waals surface area contributed by atoms with Gasteiger partial charge in [-0.05, 0) is 42.7 Å². The first-order valence-corrected chi connectivity index (χ1v) is 10.00. The molecule has 4 nitrogen and oxygen atoms in total. The highest BCUT2D eigenvalue weighted by molar-refractivity contribution is 7.18. The van der Waals surface area contributed by atoms with Gasteiger partial charge in [-0.3, -0.25) is 14.2 Å². The molecule has 0 unspecified atom stereocenters. The summed E-state index contributed by atoms with van der Waals surface area (Å²) in [6.07, 6.45) is 5.53. The fourth-order valence-electron chi connectivity index (χ4n) is 3.65. The van der Waals surface area contributed by atoms with E-state index in [0.717, 1.165) is 41.5 Å². The molecule has 0 saturated heterocycles. The number of thiophene rings is 1. The summed E-state index contributed by atoms with van der Waals surface area (Å²) in [7, 11) is 0. The van der Waals surface area contributed by atoms with E-state index in [-0.39, 0.29) is 17.9 Å². The first-order chi connectivity index (χ1) is 12.6. The smallest absolute Gasteiger partial charge is 0.262 e. The number of ketones is 1. The van der Waals surface area contributed by atoms with Gasteiger partial charge in [0.25, 0.3) is 5.56 Å². The van der Waals surface area contributed by atoms with Gasteiger partial charge in [-0.1, -0.05) is 38.1 Å². The second kappa shape index (κ2) is 6.80. The molecule has 1 aromatic carbocycles. The van der Waals surface area contributed by atoms with Crippen molar-refractivity contribution in [1.29, 1.82) is 0 Å². The maximum atomic E-state index is 13.0. The highest BCUT2D eigenvalue weighted by Crippen LogP contribution is 2.35. The minimum absolute atomic E-state index is 0.0360. The number of carbonyl (C=O) groups excluding carboxylic acids is 1. The Morgan fingerprint density at radius 1 is 1.31 bits per heavy atom. The first-order valence-electron chi connectivity index (χ1n) is 9.18. The summed E-state index contributed by atoms with van der Waals surface area (Å²) in [6, 6.07) is 7.61. The van der Waals surface area contributed by atoms with E-state index >= 15 is 0 Å². The largest absolute Gasteiger partial charge is 0.292 e. The summed E-state index contributed by atoms with van der Waals surface area (Å²) in [5, 5.41) is 0.730. The Labute approximate surface area is 156 Å². The fraction of sp³-hybridized carbons (Fsp3) is 0.381. The van der Waals surface area contributed by atoms with Gasteiger partial charge < -0.3 is 0 Å². The summed E-state index contributed by atoms with van der Waals surface area (Å²) < 4.78 is 1.46. The van der Waals surface area contributed by atoms with Crippen molar-refractivity contribution in [3.8, 4) is 0 Å². The predicted molar refractivity (Wildman–Crippen MR) is 105 cm³/mol. The maximum Gasteiger partial charge on any atom is 0.262 e. The highest BCUT2D eigenvalue weighted by atomic mass is 32.1. The molecule has 1 atom stereocenters. The van der Waals surface area contributed by atoms with Crippen LogP contribution in [0, 0.1) is 5.92 Å². The molecule has 134 valence electrons. The summed E-state index contributed by atoms with van der Waals surface area (Å²) in [6.45, 7) is 4.37. The molecule has 1 aliphatic carbocycles. The van der Waals surface area contributed by atoms with E-state index in [2.05, 4.69) is 18.8 Å². The van der Waals surface area contributed by atoms with E-state index in [0.29, 0.717) is 11.5 Å². The Hall–Kier alpha value is -2.27.